The maximum Gasteiger partial charge on any atom is 0.328 e. The Balaban J connectivity index is 2.27. The maximum absolute atomic E-state index is 12.1. The number of carbonyl (C=O) groups excluding carboxylic acids is 1. The third-order valence-electron chi connectivity index (χ3n) is 3.10. The lowest BCUT2D eigenvalue weighted by Gasteiger charge is -2.17. The fourth-order valence-corrected chi connectivity index (χ4v) is 2.35. The van der Waals surface area contributed by atoms with Gasteiger partial charge in [0.25, 0.3) is 5.91 Å². The summed E-state index contributed by atoms with van der Waals surface area (Å²) < 4.78 is 0.937. The Labute approximate surface area is 129 Å². The summed E-state index contributed by atoms with van der Waals surface area (Å²) in [5.74, 6) is -1.81. The van der Waals surface area contributed by atoms with Crippen LogP contribution in [0.1, 0.15) is 17.3 Å². The van der Waals surface area contributed by atoms with Gasteiger partial charge in [-0.1, -0.05) is 28.1 Å². The summed E-state index contributed by atoms with van der Waals surface area (Å²) in [6, 6.07) is 9.39. The van der Waals surface area contributed by atoms with Crippen LogP contribution in [-0.2, 0) is 4.79 Å². The van der Waals surface area contributed by atoms with Crippen LogP contribution in [0.3, 0.4) is 0 Å². The van der Waals surface area contributed by atoms with E-state index in [1.54, 1.807) is 18.2 Å². The number of halogens is 1. The van der Waals surface area contributed by atoms with Crippen molar-refractivity contribution in [1.82, 2.24) is 5.32 Å². The molecule has 2 atom stereocenters. The Morgan fingerprint density at radius 3 is 2.38 bits per heavy atom. The zero-order valence-electron chi connectivity index (χ0n) is 11.2. The van der Waals surface area contributed by atoms with Crippen molar-refractivity contribution in [1.29, 1.82) is 0 Å². The second-order valence-electron chi connectivity index (χ2n) is 4.74. The van der Waals surface area contributed by atoms with Crippen molar-refractivity contribution in [3.05, 3.63) is 46.4 Å². The normalized spacial score (nSPS) is 13.7. The minimum absolute atomic E-state index is 0.344. The second-order valence-corrected chi connectivity index (χ2v) is 5.65. The molecular formula is C15H14BrNO4. The highest BCUT2D eigenvalue weighted by molar-refractivity contribution is 9.10. The molecule has 0 radical (unpaired) electrons. The molecule has 0 saturated heterocycles. The van der Waals surface area contributed by atoms with Crippen molar-refractivity contribution >= 4 is 38.6 Å². The molecule has 0 heterocycles. The number of hydrogen-bond donors (Lipinski definition) is 3. The summed E-state index contributed by atoms with van der Waals surface area (Å²) in [4.78, 5) is 23.1. The molecule has 0 saturated carbocycles. The summed E-state index contributed by atoms with van der Waals surface area (Å²) in [6.45, 7) is 1.32. The molecule has 5 nitrogen and oxygen atoms in total. The van der Waals surface area contributed by atoms with Gasteiger partial charge in [-0.25, -0.2) is 4.79 Å². The minimum atomic E-state index is -1.34. The van der Waals surface area contributed by atoms with Crippen LogP contribution in [0, 0.1) is 0 Å². The van der Waals surface area contributed by atoms with E-state index in [1.165, 1.54) is 6.92 Å². The molecule has 21 heavy (non-hydrogen) atoms. The number of aliphatic carboxylic acids is 1. The zero-order chi connectivity index (χ0) is 15.6. The summed E-state index contributed by atoms with van der Waals surface area (Å²) in [5, 5.41) is 22.5. The molecule has 0 fully saturated rings. The number of carbonyl (C=O) groups is 2. The number of carboxylic acid groups (broad SMARTS) is 1. The third kappa shape index (κ3) is 3.59. The second kappa shape index (κ2) is 6.24. The average Bonchev–Trinajstić information content (AvgIpc) is 2.43. The lowest BCUT2D eigenvalue weighted by Crippen LogP contribution is -2.47. The van der Waals surface area contributed by atoms with Gasteiger partial charge in [-0.05, 0) is 42.0 Å². The summed E-state index contributed by atoms with van der Waals surface area (Å²) in [7, 11) is 0. The smallest absolute Gasteiger partial charge is 0.328 e. The first-order valence-electron chi connectivity index (χ1n) is 6.29. The van der Waals surface area contributed by atoms with Crippen LogP contribution < -0.4 is 5.32 Å². The Morgan fingerprint density at radius 2 is 1.76 bits per heavy atom. The lowest BCUT2D eigenvalue weighted by atomic mass is 10.1. The predicted molar refractivity (Wildman–Crippen MR) is 82.2 cm³/mol. The Hall–Kier alpha value is -1.92. The number of nitrogens with one attached hydrogen (secondary N) is 1. The fourth-order valence-electron chi connectivity index (χ4n) is 1.97. The van der Waals surface area contributed by atoms with Gasteiger partial charge in [-0.2, -0.15) is 0 Å². The molecule has 0 aromatic heterocycles. The van der Waals surface area contributed by atoms with E-state index in [9.17, 15) is 14.7 Å². The van der Waals surface area contributed by atoms with E-state index in [-0.39, 0.29) is 0 Å². The van der Waals surface area contributed by atoms with E-state index < -0.39 is 24.0 Å². The summed E-state index contributed by atoms with van der Waals surface area (Å²) in [5.41, 5.74) is 0.344. The molecule has 0 aliphatic heterocycles. The van der Waals surface area contributed by atoms with Gasteiger partial charge in [0, 0.05) is 10.0 Å². The fraction of sp³-hybridized carbons (Fsp3) is 0.200. The number of rotatable bonds is 4. The van der Waals surface area contributed by atoms with Crippen molar-refractivity contribution in [2.45, 2.75) is 19.1 Å². The van der Waals surface area contributed by atoms with Crippen LogP contribution in [0.4, 0.5) is 0 Å². The van der Waals surface area contributed by atoms with Crippen LogP contribution >= 0.6 is 15.9 Å². The number of carboxylic acids is 1. The van der Waals surface area contributed by atoms with Gasteiger partial charge in [-0.15, -0.1) is 0 Å². The Bertz CT molecular complexity index is 699. The molecule has 110 valence electrons. The van der Waals surface area contributed by atoms with E-state index in [1.807, 2.05) is 18.2 Å². The van der Waals surface area contributed by atoms with Crippen LogP contribution in [-0.4, -0.2) is 34.2 Å². The number of aliphatic hydroxyl groups is 1. The van der Waals surface area contributed by atoms with Gasteiger partial charge in [-0.3, -0.25) is 4.79 Å². The number of aliphatic hydroxyl groups excluding tert-OH is 1. The van der Waals surface area contributed by atoms with Gasteiger partial charge in [0.05, 0.1) is 6.10 Å². The summed E-state index contributed by atoms with van der Waals surface area (Å²) in [6.07, 6.45) is -1.18. The van der Waals surface area contributed by atoms with Gasteiger partial charge < -0.3 is 15.5 Å². The van der Waals surface area contributed by atoms with Crippen LogP contribution in [0.5, 0.6) is 0 Å². The van der Waals surface area contributed by atoms with E-state index >= 15 is 0 Å². The highest BCUT2D eigenvalue weighted by atomic mass is 79.9. The molecule has 2 aromatic rings. The first-order chi connectivity index (χ1) is 9.88. The van der Waals surface area contributed by atoms with Crippen molar-refractivity contribution in [3.8, 4) is 0 Å². The lowest BCUT2D eigenvalue weighted by molar-refractivity contribution is -0.141. The maximum atomic E-state index is 12.1. The van der Waals surface area contributed by atoms with Gasteiger partial charge >= 0.3 is 5.97 Å². The SMILES string of the molecule is C[C@@H](O)[C@H](NC(=O)c1ccc2cc(Br)ccc2c1)C(=O)O. The van der Waals surface area contributed by atoms with Crippen LogP contribution in [0.2, 0.25) is 0 Å². The molecule has 2 rings (SSSR count). The highest BCUT2D eigenvalue weighted by Gasteiger charge is 2.25. The molecule has 3 N–H and O–H groups in total. The molecule has 0 bridgehead atoms. The molecular weight excluding hydrogens is 338 g/mol. The number of hydrogen-bond acceptors (Lipinski definition) is 3. The zero-order valence-corrected chi connectivity index (χ0v) is 12.8. The van der Waals surface area contributed by atoms with Gasteiger partial charge in [0.1, 0.15) is 0 Å². The van der Waals surface area contributed by atoms with E-state index in [0.717, 1.165) is 15.2 Å². The average molecular weight is 352 g/mol. The number of benzene rings is 2. The monoisotopic (exact) mass is 351 g/mol. The molecule has 6 heteroatoms. The number of fused-ring (bicyclic) bond motifs is 1. The van der Waals surface area contributed by atoms with Crippen molar-refractivity contribution < 1.29 is 19.8 Å². The Morgan fingerprint density at radius 1 is 1.14 bits per heavy atom. The van der Waals surface area contributed by atoms with Crippen LogP contribution in [0.15, 0.2) is 40.9 Å². The predicted octanol–water partition coefficient (Wildman–Crippen LogP) is 2.17. The Kier molecular flexibility index (Phi) is 4.59. The molecule has 0 spiro atoms. The third-order valence-corrected chi connectivity index (χ3v) is 3.59. The quantitative estimate of drug-likeness (QED) is 0.787. The first kappa shape index (κ1) is 15.5. The topological polar surface area (TPSA) is 86.6 Å². The standard InChI is InChI=1S/C15H14BrNO4/c1-8(18)13(15(20)21)17-14(19)11-3-2-10-7-12(16)5-4-9(10)6-11/h2-8,13,18H,1H3,(H,17,19)(H,20,21)/t8-,13+/m1/s1. The highest BCUT2D eigenvalue weighted by Crippen LogP contribution is 2.21. The van der Waals surface area contributed by atoms with E-state index in [2.05, 4.69) is 21.2 Å². The van der Waals surface area contributed by atoms with E-state index in [0.29, 0.717) is 5.56 Å². The number of amides is 1. The minimum Gasteiger partial charge on any atom is -0.480 e. The van der Waals surface area contributed by atoms with Crippen molar-refractivity contribution in [3.63, 3.8) is 0 Å². The van der Waals surface area contributed by atoms with Crippen molar-refractivity contribution in [2.75, 3.05) is 0 Å². The van der Waals surface area contributed by atoms with Gasteiger partial charge in [0.15, 0.2) is 6.04 Å². The van der Waals surface area contributed by atoms with Gasteiger partial charge in [0.2, 0.25) is 0 Å². The van der Waals surface area contributed by atoms with E-state index in [4.69, 9.17) is 5.11 Å². The summed E-state index contributed by atoms with van der Waals surface area (Å²) >= 11 is 3.37. The molecule has 1 amide bonds. The van der Waals surface area contributed by atoms with Crippen LogP contribution in [0.25, 0.3) is 10.8 Å². The molecule has 0 unspecified atom stereocenters. The molecule has 0 aliphatic rings. The van der Waals surface area contributed by atoms with Crippen molar-refractivity contribution in [2.24, 2.45) is 0 Å². The first-order valence-corrected chi connectivity index (χ1v) is 7.09. The largest absolute Gasteiger partial charge is 0.480 e. The molecule has 2 aromatic carbocycles. The molecule has 0 aliphatic carbocycles.